The molecule has 0 radical (unpaired) electrons. The summed E-state index contributed by atoms with van der Waals surface area (Å²) in [6, 6.07) is 0. The van der Waals surface area contributed by atoms with E-state index < -0.39 is 5.97 Å². The third-order valence-electron chi connectivity index (χ3n) is 14.3. The predicted octanol–water partition coefficient (Wildman–Crippen LogP) is 13.5. The maximum absolute atomic E-state index is 10.6. The maximum Gasteiger partial charge on any atom is 0.303 e. The van der Waals surface area contributed by atoms with Gasteiger partial charge in [-0.1, -0.05) is 135 Å². The molecule has 46 heavy (non-hydrogen) atoms. The van der Waals surface area contributed by atoms with Gasteiger partial charge >= 0.3 is 5.97 Å². The molecule has 0 aromatic heterocycles. The lowest BCUT2D eigenvalue weighted by Gasteiger charge is -2.55. The fourth-order valence-corrected chi connectivity index (χ4v) is 10.7. The molecule has 1 N–H and O–H groups in total. The molecule has 3 unspecified atom stereocenters. The largest absolute Gasteiger partial charge is 0.481 e. The van der Waals surface area contributed by atoms with Crippen molar-refractivity contribution in [2.24, 2.45) is 52.3 Å². The summed E-state index contributed by atoms with van der Waals surface area (Å²) in [5, 5.41) is 8.70. The van der Waals surface area contributed by atoms with Crippen LogP contribution >= 0.6 is 0 Å². The number of hydrogen-bond acceptors (Lipinski definition) is 1. The first-order valence-corrected chi connectivity index (χ1v) is 20.3. The fraction of sp³-hybridized carbons (Fsp3) is 0.841. The monoisotopic (exact) mass is 635 g/mol. The number of unbranched alkanes of at least 4 members (excludes halogenated alkanes) is 9. The van der Waals surface area contributed by atoms with Gasteiger partial charge in [0.05, 0.1) is 0 Å². The standard InChI is InChI=1S/C44H74O2/c1-33(2)34(3)22-23-35(4)39-26-27-40-38-25-24-37-32-36(28-30-43(37,5)41(38)29-31-44(39,40)6)20-18-16-14-12-10-8-7-9-11-13-15-17-19-21-42(45)46/h7-8,24-25,33-36,39-41H,9-23,26-32H2,1-6H3,(H,45,46)/t34-,35+,36?,39+,40?,41?,43-,44+/m0/s1. The van der Waals surface area contributed by atoms with Crippen molar-refractivity contribution >= 4 is 5.97 Å². The summed E-state index contributed by atoms with van der Waals surface area (Å²) in [5.41, 5.74) is 4.66. The highest BCUT2D eigenvalue weighted by Crippen LogP contribution is 2.66. The number of carbonyl (C=O) groups is 1. The Morgan fingerprint density at radius 2 is 1.48 bits per heavy atom. The average molecular weight is 635 g/mol. The highest BCUT2D eigenvalue weighted by atomic mass is 16.4. The molecule has 3 saturated carbocycles. The second-order valence-corrected chi connectivity index (χ2v) is 17.7. The van der Waals surface area contributed by atoms with E-state index in [-0.39, 0.29) is 0 Å². The SMILES string of the molecule is CC(C)[C@@H](C)CC[C@@H](C)[C@H]1CCC2C3=CC=C4CC(CCCCCCC=CCCCCCCCC(=O)O)CC[C@]4(C)C3CC[C@@]21C. The minimum Gasteiger partial charge on any atom is -0.481 e. The number of allylic oxidation sites excluding steroid dienone is 6. The van der Waals surface area contributed by atoms with Crippen LogP contribution in [0.3, 0.4) is 0 Å². The van der Waals surface area contributed by atoms with Gasteiger partial charge in [0.1, 0.15) is 0 Å². The lowest BCUT2D eigenvalue weighted by Crippen LogP contribution is -2.46. The molecule has 4 aliphatic rings. The molecule has 0 aromatic rings. The maximum atomic E-state index is 10.6. The lowest BCUT2D eigenvalue weighted by molar-refractivity contribution is -0.137. The van der Waals surface area contributed by atoms with E-state index in [4.69, 9.17) is 5.11 Å². The van der Waals surface area contributed by atoms with E-state index in [9.17, 15) is 4.79 Å². The Kier molecular flexibility index (Phi) is 14.6. The number of aliphatic carboxylic acids is 1. The summed E-state index contributed by atoms with van der Waals surface area (Å²) in [4.78, 5) is 10.6. The summed E-state index contributed by atoms with van der Waals surface area (Å²) < 4.78 is 0. The van der Waals surface area contributed by atoms with Gasteiger partial charge in [-0.05, 0) is 129 Å². The van der Waals surface area contributed by atoms with Crippen LogP contribution in [0.4, 0.5) is 0 Å². The number of hydrogen-bond donors (Lipinski definition) is 1. The number of fused-ring (bicyclic) bond motifs is 5. The molecule has 3 fully saturated rings. The Bertz CT molecular complexity index is 1030. The van der Waals surface area contributed by atoms with Gasteiger partial charge < -0.3 is 5.11 Å². The zero-order valence-corrected chi connectivity index (χ0v) is 31.3. The smallest absolute Gasteiger partial charge is 0.303 e. The molecule has 4 rings (SSSR count). The summed E-state index contributed by atoms with van der Waals surface area (Å²) >= 11 is 0. The molecular weight excluding hydrogens is 560 g/mol. The van der Waals surface area contributed by atoms with Crippen molar-refractivity contribution in [2.45, 2.75) is 183 Å². The van der Waals surface area contributed by atoms with E-state index in [1.165, 1.54) is 122 Å². The topological polar surface area (TPSA) is 37.3 Å². The Hall–Kier alpha value is -1.31. The number of carboxylic acids is 1. The first kappa shape index (κ1) is 37.5. The quantitative estimate of drug-likeness (QED) is 0.107. The third-order valence-corrected chi connectivity index (χ3v) is 14.3. The number of rotatable bonds is 20. The van der Waals surface area contributed by atoms with Crippen LogP contribution in [0.5, 0.6) is 0 Å². The molecule has 0 spiro atoms. The van der Waals surface area contributed by atoms with Crippen LogP contribution in [-0.4, -0.2) is 11.1 Å². The normalized spacial score (nSPS) is 32.1. The van der Waals surface area contributed by atoms with Crippen molar-refractivity contribution in [1.82, 2.24) is 0 Å². The van der Waals surface area contributed by atoms with Gasteiger partial charge in [0.25, 0.3) is 0 Å². The second kappa shape index (κ2) is 17.9. The van der Waals surface area contributed by atoms with E-state index in [1.807, 2.05) is 11.1 Å². The van der Waals surface area contributed by atoms with E-state index in [0.717, 1.165) is 54.3 Å². The van der Waals surface area contributed by atoms with Crippen molar-refractivity contribution in [3.8, 4) is 0 Å². The molecule has 8 atom stereocenters. The summed E-state index contributed by atoms with van der Waals surface area (Å²) in [5.74, 6) is 5.37. The molecule has 0 amide bonds. The van der Waals surface area contributed by atoms with Gasteiger partial charge in [-0.2, -0.15) is 0 Å². The van der Waals surface area contributed by atoms with E-state index in [1.54, 1.807) is 0 Å². The van der Waals surface area contributed by atoms with Gasteiger partial charge in [0.15, 0.2) is 0 Å². The molecule has 2 nitrogen and oxygen atoms in total. The first-order valence-electron chi connectivity index (χ1n) is 20.3. The Labute approximate surface area is 285 Å². The van der Waals surface area contributed by atoms with Crippen LogP contribution < -0.4 is 0 Å². The van der Waals surface area contributed by atoms with Crippen LogP contribution in [0.1, 0.15) is 183 Å². The van der Waals surface area contributed by atoms with Gasteiger partial charge in [-0.15, -0.1) is 0 Å². The Morgan fingerprint density at radius 3 is 2.17 bits per heavy atom. The molecule has 2 heteroatoms. The fourth-order valence-electron chi connectivity index (χ4n) is 10.7. The highest BCUT2D eigenvalue weighted by molar-refractivity contribution is 5.66. The van der Waals surface area contributed by atoms with Crippen molar-refractivity contribution < 1.29 is 9.90 Å². The molecule has 0 aromatic carbocycles. The van der Waals surface area contributed by atoms with E-state index in [2.05, 4.69) is 65.8 Å². The first-order chi connectivity index (χ1) is 22.1. The molecule has 4 aliphatic carbocycles. The molecule has 0 heterocycles. The zero-order chi connectivity index (χ0) is 33.2. The second-order valence-electron chi connectivity index (χ2n) is 17.7. The Morgan fingerprint density at radius 1 is 0.804 bits per heavy atom. The molecule has 0 aliphatic heterocycles. The molecule has 0 bridgehead atoms. The van der Waals surface area contributed by atoms with Crippen LogP contribution in [0.2, 0.25) is 0 Å². The van der Waals surface area contributed by atoms with Gasteiger partial charge in [0.2, 0.25) is 0 Å². The predicted molar refractivity (Wildman–Crippen MR) is 198 cm³/mol. The van der Waals surface area contributed by atoms with Crippen LogP contribution in [0.25, 0.3) is 0 Å². The van der Waals surface area contributed by atoms with E-state index >= 15 is 0 Å². The summed E-state index contributed by atoms with van der Waals surface area (Å²) in [6.45, 7) is 15.3. The minimum absolute atomic E-state index is 0.329. The minimum atomic E-state index is -0.659. The highest BCUT2D eigenvalue weighted by Gasteiger charge is 2.56. The van der Waals surface area contributed by atoms with Gasteiger partial charge in [-0.3, -0.25) is 4.79 Å². The van der Waals surface area contributed by atoms with Crippen LogP contribution in [0.15, 0.2) is 35.5 Å². The van der Waals surface area contributed by atoms with E-state index in [0.29, 0.717) is 17.3 Å². The van der Waals surface area contributed by atoms with Gasteiger partial charge in [-0.25, -0.2) is 0 Å². The molecule has 262 valence electrons. The van der Waals surface area contributed by atoms with Crippen molar-refractivity contribution in [1.29, 1.82) is 0 Å². The lowest BCUT2D eigenvalue weighted by atomic mass is 9.49. The summed E-state index contributed by atoms with van der Waals surface area (Å²) in [7, 11) is 0. The molecule has 0 saturated heterocycles. The Balaban J connectivity index is 1.15. The summed E-state index contributed by atoms with van der Waals surface area (Å²) in [6.07, 6.45) is 38.3. The average Bonchev–Trinajstić information content (AvgIpc) is 3.38. The van der Waals surface area contributed by atoms with Gasteiger partial charge in [0, 0.05) is 6.42 Å². The van der Waals surface area contributed by atoms with Crippen LogP contribution in [-0.2, 0) is 4.79 Å². The third kappa shape index (κ3) is 9.65. The molecular formula is C44H74O2. The van der Waals surface area contributed by atoms with Crippen molar-refractivity contribution in [2.75, 3.05) is 0 Å². The van der Waals surface area contributed by atoms with Crippen molar-refractivity contribution in [3.05, 3.63) is 35.5 Å². The van der Waals surface area contributed by atoms with Crippen LogP contribution in [0, 0.1) is 52.3 Å². The number of carboxylic acid groups (broad SMARTS) is 1. The zero-order valence-electron chi connectivity index (χ0n) is 31.3. The van der Waals surface area contributed by atoms with Crippen molar-refractivity contribution in [3.63, 3.8) is 0 Å².